The lowest BCUT2D eigenvalue weighted by Gasteiger charge is -2.07. The first kappa shape index (κ1) is 21.1. The van der Waals surface area contributed by atoms with Crippen molar-refractivity contribution in [3.05, 3.63) is 64.7 Å². The lowest BCUT2D eigenvalue weighted by molar-refractivity contribution is 0.0950. The number of rotatable bonds is 9. The van der Waals surface area contributed by atoms with Crippen molar-refractivity contribution in [1.82, 2.24) is 20.0 Å². The molecule has 2 aromatic heterocycles. The fourth-order valence-corrected chi connectivity index (χ4v) is 4.21. The van der Waals surface area contributed by atoms with Crippen molar-refractivity contribution in [3.8, 4) is 11.3 Å². The van der Waals surface area contributed by atoms with Crippen molar-refractivity contribution in [1.29, 1.82) is 0 Å². The van der Waals surface area contributed by atoms with Crippen LogP contribution in [-0.2, 0) is 21.3 Å². The van der Waals surface area contributed by atoms with Crippen LogP contribution in [0.3, 0.4) is 0 Å². The summed E-state index contributed by atoms with van der Waals surface area (Å²) in [6.45, 7) is 0.739. The number of carbonyl (C=O) groups excluding carboxylic acids is 1. The summed E-state index contributed by atoms with van der Waals surface area (Å²) >= 11 is 1.45. The Labute approximate surface area is 173 Å². The molecule has 1 amide bonds. The fraction of sp³-hybridized carbons (Fsp3) is 0.211. The lowest BCUT2D eigenvalue weighted by Crippen LogP contribution is -2.27. The zero-order valence-electron chi connectivity index (χ0n) is 15.7. The minimum absolute atomic E-state index is 0.0899. The first-order valence-electron chi connectivity index (χ1n) is 8.71. The van der Waals surface area contributed by atoms with E-state index in [9.17, 15) is 13.2 Å². The van der Waals surface area contributed by atoms with Crippen LogP contribution in [0.1, 0.15) is 15.4 Å². The molecule has 0 bridgehead atoms. The standard InChI is InChI=1S/C19H20N4O4S2/c1-27-11-10-22-29(25,26)16-4-2-15(3-5-16)19(24)21-12-18-23-17(13-28-18)14-6-8-20-9-7-14/h2-9,13,22H,10-12H2,1H3,(H,21,24). The van der Waals surface area contributed by atoms with E-state index in [1.54, 1.807) is 12.4 Å². The Morgan fingerprint density at radius 3 is 2.55 bits per heavy atom. The molecule has 1 aromatic carbocycles. The number of ether oxygens (including phenoxy) is 1. The number of thiazole rings is 1. The van der Waals surface area contributed by atoms with Crippen LogP contribution in [0.4, 0.5) is 0 Å². The zero-order chi connectivity index (χ0) is 20.7. The molecule has 152 valence electrons. The summed E-state index contributed by atoms with van der Waals surface area (Å²) in [6.07, 6.45) is 3.40. The molecule has 0 saturated carbocycles. The minimum atomic E-state index is -3.63. The topological polar surface area (TPSA) is 110 Å². The van der Waals surface area contributed by atoms with Crippen molar-refractivity contribution < 1.29 is 17.9 Å². The predicted molar refractivity (Wildman–Crippen MR) is 110 cm³/mol. The molecule has 8 nitrogen and oxygen atoms in total. The van der Waals surface area contributed by atoms with Crippen molar-refractivity contribution in [2.75, 3.05) is 20.3 Å². The van der Waals surface area contributed by atoms with Crippen LogP contribution in [0.25, 0.3) is 11.3 Å². The number of aromatic nitrogens is 2. The Morgan fingerprint density at radius 2 is 1.86 bits per heavy atom. The Bertz CT molecular complexity index is 1050. The number of hydrogen-bond donors (Lipinski definition) is 2. The molecule has 29 heavy (non-hydrogen) atoms. The van der Waals surface area contributed by atoms with E-state index < -0.39 is 10.0 Å². The van der Waals surface area contributed by atoms with Gasteiger partial charge in [-0.1, -0.05) is 0 Å². The number of nitrogens with zero attached hydrogens (tertiary/aromatic N) is 2. The van der Waals surface area contributed by atoms with Crippen LogP contribution in [-0.4, -0.2) is 44.6 Å². The highest BCUT2D eigenvalue weighted by Gasteiger charge is 2.14. The molecule has 0 aliphatic rings. The van der Waals surface area contributed by atoms with Crippen LogP contribution < -0.4 is 10.0 Å². The molecule has 0 radical (unpaired) electrons. The van der Waals surface area contributed by atoms with E-state index in [-0.39, 0.29) is 30.5 Å². The number of methoxy groups -OCH3 is 1. The summed E-state index contributed by atoms with van der Waals surface area (Å²) in [5.41, 5.74) is 2.16. The van der Waals surface area contributed by atoms with Gasteiger partial charge in [-0.25, -0.2) is 18.1 Å². The number of pyridine rings is 1. The monoisotopic (exact) mass is 432 g/mol. The lowest BCUT2D eigenvalue weighted by atomic mass is 10.2. The van der Waals surface area contributed by atoms with Crippen molar-refractivity contribution in [3.63, 3.8) is 0 Å². The van der Waals surface area contributed by atoms with Crippen LogP contribution in [0.15, 0.2) is 59.1 Å². The molecule has 0 aliphatic heterocycles. The van der Waals surface area contributed by atoms with Crippen molar-refractivity contribution in [2.24, 2.45) is 0 Å². The van der Waals surface area contributed by atoms with Crippen molar-refractivity contribution >= 4 is 27.3 Å². The first-order valence-corrected chi connectivity index (χ1v) is 11.1. The van der Waals surface area contributed by atoms with Gasteiger partial charge < -0.3 is 10.1 Å². The Morgan fingerprint density at radius 1 is 1.14 bits per heavy atom. The van der Waals surface area contributed by atoms with Gasteiger partial charge in [0, 0.05) is 42.6 Å². The number of benzene rings is 1. The average molecular weight is 433 g/mol. The molecule has 0 spiro atoms. The predicted octanol–water partition coefficient (Wildman–Crippen LogP) is 2.06. The number of sulfonamides is 1. The second-order valence-electron chi connectivity index (χ2n) is 5.96. The summed E-state index contributed by atoms with van der Waals surface area (Å²) < 4.78 is 31.5. The normalized spacial score (nSPS) is 11.3. The minimum Gasteiger partial charge on any atom is -0.383 e. The summed E-state index contributed by atoms with van der Waals surface area (Å²) in [7, 11) is -2.13. The van der Waals surface area contributed by atoms with E-state index in [0.717, 1.165) is 16.3 Å². The number of hydrogen-bond acceptors (Lipinski definition) is 7. The summed E-state index contributed by atoms with van der Waals surface area (Å²) in [5.74, 6) is -0.304. The smallest absolute Gasteiger partial charge is 0.251 e. The third-order valence-corrected chi connectivity index (χ3v) is 6.28. The molecule has 0 fully saturated rings. The van der Waals surface area contributed by atoms with Crippen LogP contribution >= 0.6 is 11.3 Å². The Kier molecular flexibility index (Phi) is 7.04. The Hall–Kier alpha value is -2.66. The molecule has 2 heterocycles. The molecule has 3 rings (SSSR count). The maximum Gasteiger partial charge on any atom is 0.251 e. The van der Waals surface area contributed by atoms with Crippen LogP contribution in [0.5, 0.6) is 0 Å². The quantitative estimate of drug-likeness (QED) is 0.501. The van der Waals surface area contributed by atoms with Gasteiger partial charge in [0.2, 0.25) is 10.0 Å². The first-order chi connectivity index (χ1) is 14.0. The number of nitrogens with one attached hydrogen (secondary N) is 2. The molecule has 0 saturated heterocycles. The van der Waals surface area contributed by atoms with Crippen molar-refractivity contribution in [2.45, 2.75) is 11.4 Å². The molecular formula is C19H20N4O4S2. The molecular weight excluding hydrogens is 412 g/mol. The zero-order valence-corrected chi connectivity index (χ0v) is 17.3. The highest BCUT2D eigenvalue weighted by Crippen LogP contribution is 2.21. The van der Waals surface area contributed by atoms with E-state index in [2.05, 4.69) is 20.0 Å². The number of amides is 1. The highest BCUT2D eigenvalue weighted by atomic mass is 32.2. The van der Waals surface area contributed by atoms with Gasteiger partial charge in [-0.15, -0.1) is 11.3 Å². The summed E-state index contributed by atoms with van der Waals surface area (Å²) in [6, 6.07) is 9.49. The van der Waals surface area contributed by atoms with E-state index in [1.807, 2.05) is 17.5 Å². The Balaban J connectivity index is 1.58. The van der Waals surface area contributed by atoms with Crippen LogP contribution in [0.2, 0.25) is 0 Å². The van der Waals surface area contributed by atoms with Gasteiger partial charge in [0.15, 0.2) is 0 Å². The third-order valence-electron chi connectivity index (χ3n) is 3.95. The fourth-order valence-electron chi connectivity index (χ4n) is 2.45. The van der Waals surface area contributed by atoms with Crippen LogP contribution in [0, 0.1) is 0 Å². The second kappa shape index (κ2) is 9.70. The van der Waals surface area contributed by atoms with Gasteiger partial charge in [0.25, 0.3) is 5.91 Å². The molecule has 0 aliphatic carbocycles. The van der Waals surface area contributed by atoms with Gasteiger partial charge >= 0.3 is 0 Å². The van der Waals surface area contributed by atoms with Gasteiger partial charge in [-0.3, -0.25) is 9.78 Å². The van der Waals surface area contributed by atoms with Gasteiger partial charge in [-0.2, -0.15) is 0 Å². The molecule has 2 N–H and O–H groups in total. The summed E-state index contributed by atoms with van der Waals surface area (Å²) in [4.78, 5) is 20.9. The SMILES string of the molecule is COCCNS(=O)(=O)c1ccc(C(=O)NCc2nc(-c3ccncc3)cs2)cc1. The van der Waals surface area contributed by atoms with E-state index in [1.165, 1.54) is 42.7 Å². The molecule has 0 atom stereocenters. The van der Waals surface area contributed by atoms with Gasteiger partial charge in [-0.05, 0) is 36.4 Å². The maximum absolute atomic E-state index is 12.3. The van der Waals surface area contributed by atoms with E-state index in [4.69, 9.17) is 4.74 Å². The molecule has 0 unspecified atom stereocenters. The van der Waals surface area contributed by atoms with Gasteiger partial charge in [0.1, 0.15) is 5.01 Å². The molecule has 3 aromatic rings. The summed E-state index contributed by atoms with van der Waals surface area (Å²) in [5, 5.41) is 5.49. The highest BCUT2D eigenvalue weighted by molar-refractivity contribution is 7.89. The second-order valence-corrected chi connectivity index (χ2v) is 8.67. The maximum atomic E-state index is 12.3. The van der Waals surface area contributed by atoms with Gasteiger partial charge in [0.05, 0.1) is 23.7 Å². The van der Waals surface area contributed by atoms with E-state index in [0.29, 0.717) is 5.56 Å². The van der Waals surface area contributed by atoms with E-state index >= 15 is 0 Å². The largest absolute Gasteiger partial charge is 0.383 e. The molecule has 10 heteroatoms. The number of carbonyl (C=O) groups is 1. The third kappa shape index (κ3) is 5.67. The average Bonchev–Trinajstić information content (AvgIpc) is 3.22.